The summed E-state index contributed by atoms with van der Waals surface area (Å²) in [5.41, 5.74) is 3.99. The lowest BCUT2D eigenvalue weighted by Crippen LogP contribution is -2.12. The third-order valence-corrected chi connectivity index (χ3v) is 1.51. The van der Waals surface area contributed by atoms with Gasteiger partial charge < -0.3 is 10.2 Å². The van der Waals surface area contributed by atoms with E-state index in [0.717, 1.165) is 6.54 Å². The second-order valence-electron chi connectivity index (χ2n) is 2.88. The molecule has 0 bridgehead atoms. The SMILES string of the molecule is CCNOCc1ccccc1.O=C(O)C(=O)O. The Morgan fingerprint density at radius 3 is 2.12 bits per heavy atom. The van der Waals surface area contributed by atoms with Crippen molar-refractivity contribution in [3.8, 4) is 0 Å². The second-order valence-corrected chi connectivity index (χ2v) is 2.88. The Balaban J connectivity index is 0.000000366. The highest BCUT2D eigenvalue weighted by atomic mass is 16.6. The molecule has 1 aromatic carbocycles. The molecule has 0 aliphatic heterocycles. The van der Waals surface area contributed by atoms with Gasteiger partial charge in [-0.05, 0) is 5.56 Å². The lowest BCUT2D eigenvalue weighted by molar-refractivity contribution is -0.159. The Labute approximate surface area is 98.8 Å². The van der Waals surface area contributed by atoms with Crippen molar-refractivity contribution in [2.24, 2.45) is 0 Å². The van der Waals surface area contributed by atoms with Gasteiger partial charge in [0.15, 0.2) is 0 Å². The van der Waals surface area contributed by atoms with Gasteiger partial charge in [0.25, 0.3) is 0 Å². The number of benzene rings is 1. The molecule has 0 saturated carbocycles. The van der Waals surface area contributed by atoms with E-state index in [1.165, 1.54) is 5.56 Å². The van der Waals surface area contributed by atoms with E-state index in [4.69, 9.17) is 24.6 Å². The maximum atomic E-state index is 9.10. The van der Waals surface area contributed by atoms with Crippen LogP contribution >= 0.6 is 0 Å². The van der Waals surface area contributed by atoms with Gasteiger partial charge in [0, 0.05) is 6.54 Å². The Morgan fingerprint density at radius 2 is 1.71 bits per heavy atom. The van der Waals surface area contributed by atoms with Crippen molar-refractivity contribution in [3.63, 3.8) is 0 Å². The average molecular weight is 241 g/mol. The molecule has 0 saturated heterocycles. The topological polar surface area (TPSA) is 95.9 Å². The molecule has 0 amide bonds. The van der Waals surface area contributed by atoms with Crippen molar-refractivity contribution in [3.05, 3.63) is 35.9 Å². The molecule has 3 N–H and O–H groups in total. The van der Waals surface area contributed by atoms with Crippen molar-refractivity contribution in [1.29, 1.82) is 0 Å². The summed E-state index contributed by atoms with van der Waals surface area (Å²) >= 11 is 0. The van der Waals surface area contributed by atoms with Crippen LogP contribution in [0.15, 0.2) is 30.3 Å². The van der Waals surface area contributed by atoms with Crippen LogP contribution in [0.2, 0.25) is 0 Å². The Kier molecular flexibility index (Phi) is 8.26. The van der Waals surface area contributed by atoms with E-state index in [1.807, 2.05) is 37.3 Å². The summed E-state index contributed by atoms with van der Waals surface area (Å²) in [6, 6.07) is 10.1. The fourth-order valence-electron chi connectivity index (χ4n) is 0.811. The van der Waals surface area contributed by atoms with Crippen LogP contribution in [0.3, 0.4) is 0 Å². The van der Waals surface area contributed by atoms with E-state index in [-0.39, 0.29) is 0 Å². The van der Waals surface area contributed by atoms with E-state index < -0.39 is 11.9 Å². The maximum absolute atomic E-state index is 9.10. The molecule has 0 unspecified atom stereocenters. The van der Waals surface area contributed by atoms with Crippen LogP contribution in [0.1, 0.15) is 12.5 Å². The molecule has 1 aromatic rings. The molecule has 0 radical (unpaired) electrons. The molecule has 0 fully saturated rings. The minimum Gasteiger partial charge on any atom is -0.473 e. The van der Waals surface area contributed by atoms with Crippen molar-refractivity contribution >= 4 is 11.9 Å². The molecule has 0 aromatic heterocycles. The van der Waals surface area contributed by atoms with Gasteiger partial charge >= 0.3 is 11.9 Å². The monoisotopic (exact) mass is 241 g/mol. The lowest BCUT2D eigenvalue weighted by atomic mass is 10.2. The Morgan fingerprint density at radius 1 is 1.18 bits per heavy atom. The number of aliphatic carboxylic acids is 2. The maximum Gasteiger partial charge on any atom is 0.414 e. The van der Waals surface area contributed by atoms with Crippen molar-refractivity contribution in [2.45, 2.75) is 13.5 Å². The normalized spacial score (nSPS) is 9.00. The van der Waals surface area contributed by atoms with Gasteiger partial charge in [-0.3, -0.25) is 4.84 Å². The number of rotatable bonds is 4. The molecule has 0 atom stereocenters. The first kappa shape index (κ1) is 15.1. The van der Waals surface area contributed by atoms with Gasteiger partial charge in [-0.2, -0.15) is 0 Å². The van der Waals surface area contributed by atoms with Crippen LogP contribution in [-0.2, 0) is 21.0 Å². The minimum atomic E-state index is -1.82. The molecule has 6 heteroatoms. The second kappa shape index (κ2) is 9.32. The summed E-state index contributed by atoms with van der Waals surface area (Å²) in [6.07, 6.45) is 0. The molecule has 0 heterocycles. The van der Waals surface area contributed by atoms with Gasteiger partial charge in [0.05, 0.1) is 6.61 Å². The molecular weight excluding hydrogens is 226 g/mol. The van der Waals surface area contributed by atoms with E-state index >= 15 is 0 Å². The van der Waals surface area contributed by atoms with Gasteiger partial charge in [0.1, 0.15) is 0 Å². The smallest absolute Gasteiger partial charge is 0.414 e. The number of hydrogen-bond donors (Lipinski definition) is 3. The van der Waals surface area contributed by atoms with Crippen LogP contribution < -0.4 is 5.48 Å². The summed E-state index contributed by atoms with van der Waals surface area (Å²) in [5.74, 6) is -3.65. The van der Waals surface area contributed by atoms with Crippen LogP contribution in [-0.4, -0.2) is 28.7 Å². The first-order valence-corrected chi connectivity index (χ1v) is 4.92. The zero-order valence-corrected chi connectivity index (χ0v) is 9.42. The summed E-state index contributed by atoms with van der Waals surface area (Å²) in [5, 5.41) is 14.8. The summed E-state index contributed by atoms with van der Waals surface area (Å²) in [7, 11) is 0. The van der Waals surface area contributed by atoms with Gasteiger partial charge in [-0.15, -0.1) is 0 Å². The number of nitrogens with one attached hydrogen (secondary N) is 1. The average Bonchev–Trinajstić information content (AvgIpc) is 2.31. The van der Waals surface area contributed by atoms with Gasteiger partial charge in [-0.25, -0.2) is 15.1 Å². The summed E-state index contributed by atoms with van der Waals surface area (Å²) < 4.78 is 0. The molecule has 0 aliphatic carbocycles. The fraction of sp³-hybridized carbons (Fsp3) is 0.273. The van der Waals surface area contributed by atoms with Crippen molar-refractivity contribution in [1.82, 2.24) is 5.48 Å². The predicted molar refractivity (Wildman–Crippen MR) is 60.2 cm³/mol. The van der Waals surface area contributed by atoms with E-state index in [1.54, 1.807) is 0 Å². The molecule has 94 valence electrons. The molecule has 17 heavy (non-hydrogen) atoms. The third kappa shape index (κ3) is 9.04. The van der Waals surface area contributed by atoms with Crippen molar-refractivity contribution in [2.75, 3.05) is 6.54 Å². The number of hydroxylamine groups is 1. The van der Waals surface area contributed by atoms with E-state index in [9.17, 15) is 0 Å². The first-order chi connectivity index (χ1) is 8.07. The number of carboxylic acids is 2. The van der Waals surface area contributed by atoms with Crippen LogP contribution in [0, 0.1) is 0 Å². The van der Waals surface area contributed by atoms with Crippen LogP contribution in [0.5, 0.6) is 0 Å². The summed E-state index contributed by atoms with van der Waals surface area (Å²) in [4.78, 5) is 23.3. The van der Waals surface area contributed by atoms with E-state index in [0.29, 0.717) is 6.61 Å². The van der Waals surface area contributed by atoms with Crippen LogP contribution in [0.4, 0.5) is 0 Å². The molecule has 6 nitrogen and oxygen atoms in total. The van der Waals surface area contributed by atoms with Gasteiger partial charge in [0.2, 0.25) is 0 Å². The quantitative estimate of drug-likeness (QED) is 0.411. The van der Waals surface area contributed by atoms with E-state index in [2.05, 4.69) is 5.48 Å². The zero-order valence-electron chi connectivity index (χ0n) is 9.42. The summed E-state index contributed by atoms with van der Waals surface area (Å²) in [6.45, 7) is 3.48. The third-order valence-electron chi connectivity index (χ3n) is 1.51. The Hall–Kier alpha value is -1.92. The molecular formula is C11H15NO5. The molecule has 0 spiro atoms. The largest absolute Gasteiger partial charge is 0.473 e. The highest BCUT2D eigenvalue weighted by Crippen LogP contribution is 1.98. The van der Waals surface area contributed by atoms with Crippen molar-refractivity contribution < 1.29 is 24.6 Å². The zero-order chi connectivity index (χ0) is 13.1. The number of carboxylic acid groups (broad SMARTS) is 2. The highest BCUT2D eigenvalue weighted by molar-refractivity contribution is 6.27. The first-order valence-electron chi connectivity index (χ1n) is 4.92. The lowest BCUT2D eigenvalue weighted by Gasteiger charge is -2.01. The van der Waals surface area contributed by atoms with Crippen LogP contribution in [0.25, 0.3) is 0 Å². The molecule has 1 rings (SSSR count). The number of hydrogen-bond acceptors (Lipinski definition) is 4. The fourth-order valence-corrected chi connectivity index (χ4v) is 0.811. The van der Waals surface area contributed by atoms with Gasteiger partial charge in [-0.1, -0.05) is 37.3 Å². The molecule has 0 aliphatic rings. The highest BCUT2D eigenvalue weighted by Gasteiger charge is 2.04. The number of carbonyl (C=O) groups is 2. The standard InChI is InChI=1S/C9H13NO.C2H2O4/c1-2-10-11-8-9-6-4-3-5-7-9;3-1(4)2(5)6/h3-7,10H,2,8H2,1H3;(H,3,4)(H,5,6). The minimum absolute atomic E-state index is 0.634. The Bertz CT molecular complexity index is 327. The predicted octanol–water partition coefficient (Wildman–Crippen LogP) is 0.883.